The predicted molar refractivity (Wildman–Crippen MR) is 16.3 cm³/mol. The fourth-order valence-corrected chi connectivity index (χ4v) is 0. The standard InChI is InChI=1S/CH5N3O/c2-4(3)1-5/h1H,2-3H2. The molecule has 0 heterocycles. The summed E-state index contributed by atoms with van der Waals surface area (Å²) >= 11 is 0. The van der Waals surface area contributed by atoms with E-state index in [-0.39, 0.29) is 0 Å². The van der Waals surface area contributed by atoms with Gasteiger partial charge in [0.2, 0.25) is 6.41 Å². The van der Waals surface area contributed by atoms with E-state index in [1.165, 1.54) is 0 Å². The highest BCUT2D eigenvalue weighted by Crippen LogP contribution is 1.33. The summed E-state index contributed by atoms with van der Waals surface area (Å²) in [7, 11) is 0. The summed E-state index contributed by atoms with van der Waals surface area (Å²) in [6.07, 6.45) is 0.306. The molecule has 0 aromatic heterocycles. The summed E-state index contributed by atoms with van der Waals surface area (Å²) in [5.41, 5.74) is 0. The zero-order valence-corrected chi connectivity index (χ0v) is 2.59. The Labute approximate surface area is 29.3 Å². The summed E-state index contributed by atoms with van der Waals surface area (Å²) in [6.45, 7) is 0. The van der Waals surface area contributed by atoms with Gasteiger partial charge in [0.25, 0.3) is 0 Å². The fourth-order valence-electron chi connectivity index (χ4n) is 0. The van der Waals surface area contributed by atoms with Gasteiger partial charge < -0.3 is 0 Å². The van der Waals surface area contributed by atoms with Gasteiger partial charge in [-0.15, -0.1) is 0 Å². The molecule has 5 heavy (non-hydrogen) atoms. The van der Waals surface area contributed by atoms with Crippen LogP contribution in [0.25, 0.3) is 0 Å². The third-order valence-electron chi connectivity index (χ3n) is 0.122. The molecule has 0 fully saturated rings. The Hall–Kier alpha value is -0.610. The van der Waals surface area contributed by atoms with Gasteiger partial charge >= 0.3 is 0 Å². The largest absolute Gasteiger partial charge is 0.276 e. The van der Waals surface area contributed by atoms with Gasteiger partial charge in [-0.3, -0.25) is 4.79 Å². The zero-order chi connectivity index (χ0) is 4.28. The molecule has 0 saturated carbocycles. The molecule has 4 heteroatoms. The molecule has 1 amide bonds. The minimum atomic E-state index is 0.306. The number of rotatable bonds is 1. The summed E-state index contributed by atoms with van der Waals surface area (Å²) in [5.74, 6) is 9.07. The van der Waals surface area contributed by atoms with Gasteiger partial charge in [0.05, 0.1) is 0 Å². The molecule has 0 aromatic rings. The first-order chi connectivity index (χ1) is 2.27. The van der Waals surface area contributed by atoms with Crippen molar-refractivity contribution in [3.8, 4) is 0 Å². The molecule has 0 saturated heterocycles. The minimum absolute atomic E-state index is 0.306. The Balaban J connectivity index is 2.83. The third-order valence-corrected chi connectivity index (χ3v) is 0.122. The second-order valence-electron chi connectivity index (χ2n) is 0.553. The lowest BCUT2D eigenvalue weighted by atomic mass is 11.4. The molecule has 0 spiro atoms. The van der Waals surface area contributed by atoms with E-state index >= 15 is 0 Å². The number of hydrogen-bond donors (Lipinski definition) is 2. The number of amides is 1. The maximum Gasteiger partial charge on any atom is 0.238 e. The molecule has 0 unspecified atom stereocenters. The molecule has 0 aliphatic carbocycles. The topological polar surface area (TPSA) is 72.3 Å². The predicted octanol–water partition coefficient (Wildman–Crippen LogP) is -1.81. The molecule has 4 nitrogen and oxygen atoms in total. The van der Waals surface area contributed by atoms with Crippen molar-refractivity contribution in [3.63, 3.8) is 0 Å². The Bertz CT molecular complexity index is 33.9. The molecule has 4 N–H and O–H groups in total. The Kier molecular flexibility index (Phi) is 1.48. The van der Waals surface area contributed by atoms with Crippen LogP contribution in [0.1, 0.15) is 0 Å². The van der Waals surface area contributed by atoms with E-state index in [4.69, 9.17) is 0 Å². The fraction of sp³-hybridized carbons (Fsp3) is 0. The molecule has 0 rings (SSSR count). The van der Waals surface area contributed by atoms with Crippen LogP contribution < -0.4 is 11.7 Å². The zero-order valence-electron chi connectivity index (χ0n) is 2.59. The average molecular weight is 75.1 g/mol. The van der Waals surface area contributed by atoms with Gasteiger partial charge in [-0.05, 0) is 0 Å². The summed E-state index contributed by atoms with van der Waals surface area (Å²) in [4.78, 5) is 9.18. The first-order valence-electron chi connectivity index (χ1n) is 1.01. The van der Waals surface area contributed by atoms with Gasteiger partial charge in [0.1, 0.15) is 0 Å². The first-order valence-corrected chi connectivity index (χ1v) is 1.01. The molecule has 0 aliphatic heterocycles. The maximum atomic E-state index is 9.18. The van der Waals surface area contributed by atoms with E-state index in [2.05, 4.69) is 11.7 Å². The molecule has 0 radical (unpaired) electrons. The number of hydrogen-bond acceptors (Lipinski definition) is 3. The van der Waals surface area contributed by atoms with E-state index in [0.717, 1.165) is 0 Å². The van der Waals surface area contributed by atoms with Crippen LogP contribution >= 0.6 is 0 Å². The van der Waals surface area contributed by atoms with E-state index in [9.17, 15) is 4.79 Å². The van der Waals surface area contributed by atoms with Crippen LogP contribution in [0.5, 0.6) is 0 Å². The van der Waals surface area contributed by atoms with Crippen molar-refractivity contribution in [2.45, 2.75) is 0 Å². The van der Waals surface area contributed by atoms with Crippen LogP contribution in [0.4, 0.5) is 0 Å². The highest BCUT2D eigenvalue weighted by atomic mass is 16.2. The molecule has 0 aromatic carbocycles. The van der Waals surface area contributed by atoms with Crippen molar-refractivity contribution in [2.75, 3.05) is 0 Å². The Morgan fingerprint density at radius 1 is 1.60 bits per heavy atom. The van der Waals surface area contributed by atoms with Crippen molar-refractivity contribution in [3.05, 3.63) is 0 Å². The van der Waals surface area contributed by atoms with Crippen molar-refractivity contribution >= 4 is 6.41 Å². The van der Waals surface area contributed by atoms with Crippen LogP contribution in [0.2, 0.25) is 0 Å². The SMILES string of the molecule is NN(N)C=O. The Morgan fingerprint density at radius 2 is 1.80 bits per heavy atom. The van der Waals surface area contributed by atoms with Crippen LogP contribution in [-0.2, 0) is 4.79 Å². The van der Waals surface area contributed by atoms with E-state index in [1.807, 2.05) is 0 Å². The van der Waals surface area contributed by atoms with Crippen LogP contribution in [0.15, 0.2) is 0 Å². The lowest BCUT2D eigenvalue weighted by Crippen LogP contribution is -2.35. The Morgan fingerprint density at radius 3 is 1.80 bits per heavy atom. The molecular weight excluding hydrogens is 70.0 g/mol. The summed E-state index contributed by atoms with van der Waals surface area (Å²) in [5, 5.41) is 0.444. The second kappa shape index (κ2) is 1.68. The van der Waals surface area contributed by atoms with E-state index in [0.29, 0.717) is 11.5 Å². The van der Waals surface area contributed by atoms with Gasteiger partial charge in [0.15, 0.2) is 0 Å². The smallest absolute Gasteiger partial charge is 0.238 e. The van der Waals surface area contributed by atoms with Crippen molar-refractivity contribution < 1.29 is 4.79 Å². The lowest BCUT2D eigenvalue weighted by Gasteiger charge is -1.93. The third kappa shape index (κ3) is 3.39. The van der Waals surface area contributed by atoms with E-state index < -0.39 is 0 Å². The van der Waals surface area contributed by atoms with Gasteiger partial charge in [-0.2, -0.15) is 0 Å². The summed E-state index contributed by atoms with van der Waals surface area (Å²) in [6, 6.07) is 0. The monoisotopic (exact) mass is 75.0 g/mol. The van der Waals surface area contributed by atoms with Crippen molar-refractivity contribution in [1.29, 1.82) is 0 Å². The van der Waals surface area contributed by atoms with Crippen molar-refractivity contribution in [1.82, 2.24) is 5.12 Å². The number of carbonyl (C=O) groups excluding carboxylic acids is 1. The molecule has 0 atom stereocenters. The van der Waals surface area contributed by atoms with Gasteiger partial charge in [0, 0.05) is 0 Å². The number of hydrazine groups is 2. The van der Waals surface area contributed by atoms with Gasteiger partial charge in [-0.25, -0.2) is 16.8 Å². The number of carbonyl (C=O) groups is 1. The van der Waals surface area contributed by atoms with Gasteiger partial charge in [-0.1, -0.05) is 0 Å². The highest BCUT2D eigenvalue weighted by Gasteiger charge is 1.68. The molecule has 0 bridgehead atoms. The normalized spacial score (nSPS) is 6.80. The van der Waals surface area contributed by atoms with Crippen molar-refractivity contribution in [2.24, 2.45) is 11.7 Å². The molecule has 30 valence electrons. The first kappa shape index (κ1) is 4.39. The van der Waals surface area contributed by atoms with Crippen LogP contribution in [0, 0.1) is 0 Å². The quantitative estimate of drug-likeness (QED) is 0.167. The van der Waals surface area contributed by atoms with Crippen LogP contribution in [0.3, 0.4) is 0 Å². The summed E-state index contributed by atoms with van der Waals surface area (Å²) < 4.78 is 0. The maximum absolute atomic E-state index is 9.18. The highest BCUT2D eigenvalue weighted by molar-refractivity contribution is 5.44. The molecular formula is CH5N3O. The lowest BCUT2D eigenvalue weighted by molar-refractivity contribution is -0.118. The molecule has 0 aliphatic rings. The average Bonchev–Trinajstić information content (AvgIpc) is 1.38. The second-order valence-corrected chi connectivity index (χ2v) is 0.553. The van der Waals surface area contributed by atoms with Crippen LogP contribution in [-0.4, -0.2) is 11.5 Å². The van der Waals surface area contributed by atoms with E-state index in [1.54, 1.807) is 0 Å². The number of nitrogens with zero attached hydrogens (tertiary/aromatic N) is 1. The number of nitrogens with two attached hydrogens (primary N) is 2. The minimum Gasteiger partial charge on any atom is -0.276 e.